The Hall–Kier alpha value is -3.05. The van der Waals surface area contributed by atoms with Gasteiger partial charge in [0.05, 0.1) is 17.7 Å². The molecule has 0 aliphatic heterocycles. The largest absolute Gasteiger partial charge is 0.497 e. The Balaban J connectivity index is 1.67. The van der Waals surface area contributed by atoms with Crippen LogP contribution < -0.4 is 15.4 Å². The number of benzene rings is 3. The van der Waals surface area contributed by atoms with Crippen molar-refractivity contribution in [2.75, 3.05) is 7.11 Å². The summed E-state index contributed by atoms with van der Waals surface area (Å²) in [4.78, 5) is 25.4. The normalized spacial score (nSPS) is 11.9. The fraction of sp³-hybridized carbons (Fsp3) is 0.250. The Kier molecular flexibility index (Phi) is 6.95. The first-order valence-corrected chi connectivity index (χ1v) is 10.2. The van der Waals surface area contributed by atoms with Gasteiger partial charge in [-0.05, 0) is 52.6 Å². The molecule has 30 heavy (non-hydrogen) atoms. The van der Waals surface area contributed by atoms with Crippen molar-refractivity contribution in [2.24, 2.45) is 5.92 Å². The summed E-state index contributed by atoms with van der Waals surface area (Å²) in [5.41, 5.74) is 1.32. The molecular weight excluding hydrogens is 400 g/mol. The predicted octanol–water partition coefficient (Wildman–Crippen LogP) is 4.57. The zero-order chi connectivity index (χ0) is 21.7. The molecule has 1 atom stereocenters. The van der Waals surface area contributed by atoms with Crippen LogP contribution in [0.1, 0.15) is 29.8 Å². The summed E-state index contributed by atoms with van der Waals surface area (Å²) in [5, 5.41) is 8.21. The predicted molar refractivity (Wildman–Crippen MR) is 120 cm³/mol. The SMILES string of the molecule is COc1ccc2cc(CNC(=O)C(NC(=O)c3ccccc3Cl)C(C)C)ccc2c1. The van der Waals surface area contributed by atoms with Gasteiger partial charge in [0.15, 0.2) is 0 Å². The zero-order valence-corrected chi connectivity index (χ0v) is 18.0. The standard InChI is InChI=1S/C24H25ClN2O3/c1-15(2)22(27-23(28)20-6-4-5-7-21(20)25)24(29)26-14-16-8-9-18-13-19(30-3)11-10-17(18)12-16/h4-13,15,22H,14H2,1-3H3,(H,26,29)(H,27,28). The molecule has 3 rings (SSSR count). The molecule has 0 saturated carbocycles. The topological polar surface area (TPSA) is 67.4 Å². The minimum atomic E-state index is -0.668. The summed E-state index contributed by atoms with van der Waals surface area (Å²) < 4.78 is 5.25. The van der Waals surface area contributed by atoms with Crippen LogP contribution in [0.15, 0.2) is 60.7 Å². The zero-order valence-electron chi connectivity index (χ0n) is 17.2. The monoisotopic (exact) mass is 424 g/mol. The van der Waals surface area contributed by atoms with E-state index in [1.807, 2.05) is 50.2 Å². The lowest BCUT2D eigenvalue weighted by molar-refractivity contribution is -0.124. The molecule has 6 heteroatoms. The van der Waals surface area contributed by atoms with Gasteiger partial charge in [-0.2, -0.15) is 0 Å². The number of carbonyl (C=O) groups is 2. The van der Waals surface area contributed by atoms with E-state index in [0.29, 0.717) is 17.1 Å². The van der Waals surface area contributed by atoms with E-state index in [1.165, 1.54) is 0 Å². The van der Waals surface area contributed by atoms with Gasteiger partial charge in [0, 0.05) is 6.54 Å². The van der Waals surface area contributed by atoms with Crippen molar-refractivity contribution < 1.29 is 14.3 Å². The van der Waals surface area contributed by atoms with Gasteiger partial charge in [-0.3, -0.25) is 9.59 Å². The second kappa shape index (κ2) is 9.63. The van der Waals surface area contributed by atoms with Gasteiger partial charge in [-0.1, -0.05) is 55.8 Å². The molecular formula is C24H25ClN2O3. The molecule has 0 aromatic heterocycles. The van der Waals surface area contributed by atoms with E-state index in [4.69, 9.17) is 16.3 Å². The molecule has 0 aliphatic rings. The van der Waals surface area contributed by atoms with Crippen molar-refractivity contribution in [1.29, 1.82) is 0 Å². The van der Waals surface area contributed by atoms with Gasteiger partial charge in [0.25, 0.3) is 5.91 Å². The molecule has 2 N–H and O–H groups in total. The van der Waals surface area contributed by atoms with Gasteiger partial charge in [-0.25, -0.2) is 0 Å². The Labute approximate surface area is 181 Å². The molecule has 2 amide bonds. The van der Waals surface area contributed by atoms with Crippen molar-refractivity contribution in [2.45, 2.75) is 26.4 Å². The van der Waals surface area contributed by atoms with Crippen LogP contribution in [0.5, 0.6) is 5.75 Å². The van der Waals surface area contributed by atoms with Crippen molar-refractivity contribution >= 4 is 34.2 Å². The number of carbonyl (C=O) groups excluding carboxylic acids is 2. The summed E-state index contributed by atoms with van der Waals surface area (Å²) in [6.07, 6.45) is 0. The van der Waals surface area contributed by atoms with Crippen LogP contribution in [-0.4, -0.2) is 25.0 Å². The summed E-state index contributed by atoms with van der Waals surface area (Å²) >= 11 is 6.10. The highest BCUT2D eigenvalue weighted by Gasteiger charge is 2.25. The number of amides is 2. The average Bonchev–Trinajstić information content (AvgIpc) is 2.75. The smallest absolute Gasteiger partial charge is 0.253 e. The fourth-order valence-electron chi connectivity index (χ4n) is 3.21. The van der Waals surface area contributed by atoms with Crippen LogP contribution >= 0.6 is 11.6 Å². The van der Waals surface area contributed by atoms with Crippen molar-refractivity contribution in [3.63, 3.8) is 0 Å². The summed E-state index contributed by atoms with van der Waals surface area (Å²) in [7, 11) is 1.64. The third kappa shape index (κ3) is 5.10. The summed E-state index contributed by atoms with van der Waals surface area (Å²) in [6.45, 7) is 4.15. The van der Waals surface area contributed by atoms with Gasteiger partial charge in [0.1, 0.15) is 11.8 Å². The first-order chi connectivity index (χ1) is 14.4. The highest BCUT2D eigenvalue weighted by Crippen LogP contribution is 2.22. The third-order valence-corrected chi connectivity index (χ3v) is 5.26. The number of nitrogens with one attached hydrogen (secondary N) is 2. The van der Waals surface area contributed by atoms with E-state index in [2.05, 4.69) is 10.6 Å². The number of halogens is 1. The lowest BCUT2D eigenvalue weighted by Gasteiger charge is -2.22. The molecule has 0 fully saturated rings. The minimum Gasteiger partial charge on any atom is -0.497 e. The van der Waals surface area contributed by atoms with Crippen LogP contribution in [0.4, 0.5) is 0 Å². The molecule has 5 nitrogen and oxygen atoms in total. The van der Waals surface area contributed by atoms with E-state index in [1.54, 1.807) is 31.4 Å². The van der Waals surface area contributed by atoms with Gasteiger partial charge < -0.3 is 15.4 Å². The maximum Gasteiger partial charge on any atom is 0.253 e. The second-order valence-electron chi connectivity index (χ2n) is 7.44. The van der Waals surface area contributed by atoms with Crippen LogP contribution in [0.2, 0.25) is 5.02 Å². The van der Waals surface area contributed by atoms with Gasteiger partial charge in [-0.15, -0.1) is 0 Å². The molecule has 0 spiro atoms. The molecule has 3 aromatic rings. The number of hydrogen-bond acceptors (Lipinski definition) is 3. The number of methoxy groups -OCH3 is 1. The third-order valence-electron chi connectivity index (χ3n) is 4.93. The lowest BCUT2D eigenvalue weighted by Crippen LogP contribution is -2.49. The van der Waals surface area contributed by atoms with Crippen LogP contribution in [0.3, 0.4) is 0 Å². The molecule has 0 aliphatic carbocycles. The number of ether oxygens (including phenoxy) is 1. The van der Waals surface area contributed by atoms with Crippen molar-refractivity contribution in [1.82, 2.24) is 10.6 Å². The molecule has 156 valence electrons. The Morgan fingerprint density at radius 1 is 1.00 bits per heavy atom. The second-order valence-corrected chi connectivity index (χ2v) is 7.85. The van der Waals surface area contributed by atoms with Gasteiger partial charge in [0.2, 0.25) is 5.91 Å². The van der Waals surface area contributed by atoms with E-state index in [0.717, 1.165) is 22.1 Å². The molecule has 0 heterocycles. The maximum absolute atomic E-state index is 12.8. The van der Waals surface area contributed by atoms with Crippen LogP contribution in [0.25, 0.3) is 10.8 Å². The lowest BCUT2D eigenvalue weighted by atomic mass is 10.0. The van der Waals surface area contributed by atoms with E-state index in [-0.39, 0.29) is 17.7 Å². The average molecular weight is 425 g/mol. The highest BCUT2D eigenvalue weighted by atomic mass is 35.5. The Morgan fingerprint density at radius 2 is 1.70 bits per heavy atom. The van der Waals surface area contributed by atoms with Crippen molar-refractivity contribution in [3.05, 3.63) is 76.8 Å². The summed E-state index contributed by atoms with van der Waals surface area (Å²) in [6, 6.07) is 18.0. The van der Waals surface area contributed by atoms with Gasteiger partial charge >= 0.3 is 0 Å². The quantitative estimate of drug-likeness (QED) is 0.583. The molecule has 1 unspecified atom stereocenters. The van der Waals surface area contributed by atoms with Crippen molar-refractivity contribution in [3.8, 4) is 5.75 Å². The molecule has 0 radical (unpaired) electrons. The van der Waals surface area contributed by atoms with Crippen LogP contribution in [0, 0.1) is 5.92 Å². The Bertz CT molecular complexity index is 1070. The minimum absolute atomic E-state index is 0.0829. The molecule has 3 aromatic carbocycles. The number of fused-ring (bicyclic) bond motifs is 1. The Morgan fingerprint density at radius 3 is 2.40 bits per heavy atom. The van der Waals surface area contributed by atoms with E-state index < -0.39 is 6.04 Å². The summed E-state index contributed by atoms with van der Waals surface area (Å²) in [5.74, 6) is 0.118. The van der Waals surface area contributed by atoms with E-state index in [9.17, 15) is 9.59 Å². The fourth-order valence-corrected chi connectivity index (χ4v) is 3.43. The first-order valence-electron chi connectivity index (χ1n) is 9.79. The van der Waals surface area contributed by atoms with E-state index >= 15 is 0 Å². The maximum atomic E-state index is 12.8. The number of rotatable bonds is 7. The molecule has 0 bridgehead atoms. The highest BCUT2D eigenvalue weighted by molar-refractivity contribution is 6.33. The number of hydrogen-bond donors (Lipinski definition) is 2. The van der Waals surface area contributed by atoms with Crippen LogP contribution in [-0.2, 0) is 11.3 Å². The molecule has 0 saturated heterocycles. The first kappa shape index (κ1) is 21.7.